The third-order valence-electron chi connectivity index (χ3n) is 5.98. The predicted octanol–water partition coefficient (Wildman–Crippen LogP) is 3.16. The molecule has 5 rings (SSSR count). The van der Waals surface area contributed by atoms with Crippen molar-refractivity contribution in [2.75, 3.05) is 31.2 Å². The van der Waals surface area contributed by atoms with Gasteiger partial charge < -0.3 is 24.8 Å². The van der Waals surface area contributed by atoms with Crippen molar-refractivity contribution >= 4 is 23.1 Å². The van der Waals surface area contributed by atoms with Gasteiger partial charge in [-0.05, 0) is 25.0 Å². The normalized spacial score (nSPS) is 20.7. The number of hydrogen-bond acceptors (Lipinski definition) is 7. The standard InChI is InChI=1S/C22H24F2N6O4/c23-19(24)20-26-15-3-1-2-4-16(15)30(20)17-12-18(28-21(27-17)29-7-9-33-10-8-29)34-14-6-5-13(11-14)25-22(31)32/h1-4,12-14,19,25H,5-11H2,(H,31,32)/t13-,14+/m1/s1. The van der Waals surface area contributed by atoms with Gasteiger partial charge in [-0.25, -0.2) is 18.6 Å². The van der Waals surface area contributed by atoms with E-state index in [2.05, 4.69) is 20.3 Å². The van der Waals surface area contributed by atoms with Crippen LogP contribution in [0.5, 0.6) is 5.88 Å². The highest BCUT2D eigenvalue weighted by molar-refractivity contribution is 5.78. The second-order valence-corrected chi connectivity index (χ2v) is 8.26. The molecular weight excluding hydrogens is 450 g/mol. The van der Waals surface area contributed by atoms with E-state index in [0.29, 0.717) is 62.5 Å². The van der Waals surface area contributed by atoms with Crippen molar-refractivity contribution in [1.82, 2.24) is 24.8 Å². The molecule has 0 radical (unpaired) electrons. The summed E-state index contributed by atoms with van der Waals surface area (Å²) in [6.45, 7) is 2.13. The van der Waals surface area contributed by atoms with E-state index in [-0.39, 0.29) is 23.8 Å². The summed E-state index contributed by atoms with van der Waals surface area (Å²) in [6, 6.07) is 8.21. The molecule has 1 aromatic carbocycles. The number of aromatic nitrogens is 4. The number of ether oxygens (including phenoxy) is 2. The molecule has 1 saturated carbocycles. The van der Waals surface area contributed by atoms with Crippen LogP contribution in [0.4, 0.5) is 19.5 Å². The zero-order valence-electron chi connectivity index (χ0n) is 18.2. The van der Waals surface area contributed by atoms with E-state index in [1.807, 2.05) is 4.90 Å². The minimum absolute atomic E-state index is 0.203. The summed E-state index contributed by atoms with van der Waals surface area (Å²) in [5.74, 6) is 0.413. The molecule has 1 aliphatic carbocycles. The van der Waals surface area contributed by atoms with E-state index >= 15 is 0 Å². The van der Waals surface area contributed by atoms with Crippen LogP contribution in [0.1, 0.15) is 31.5 Å². The molecule has 1 saturated heterocycles. The number of halogens is 2. The molecule has 0 bridgehead atoms. The first-order valence-electron chi connectivity index (χ1n) is 11.1. The molecule has 0 unspecified atom stereocenters. The number of carbonyl (C=O) groups is 1. The predicted molar refractivity (Wildman–Crippen MR) is 118 cm³/mol. The first kappa shape index (κ1) is 22.3. The van der Waals surface area contributed by atoms with Crippen molar-refractivity contribution in [3.05, 3.63) is 36.2 Å². The Balaban J connectivity index is 1.53. The highest BCUT2D eigenvalue weighted by Gasteiger charge is 2.29. The number of nitrogens with one attached hydrogen (secondary N) is 1. The van der Waals surface area contributed by atoms with Gasteiger partial charge in [0.1, 0.15) is 11.9 Å². The summed E-state index contributed by atoms with van der Waals surface area (Å²) in [5, 5.41) is 11.5. The molecule has 12 heteroatoms. The van der Waals surface area contributed by atoms with Gasteiger partial charge in [0, 0.05) is 31.6 Å². The maximum Gasteiger partial charge on any atom is 0.404 e. The van der Waals surface area contributed by atoms with Gasteiger partial charge in [-0.2, -0.15) is 9.97 Å². The van der Waals surface area contributed by atoms with Gasteiger partial charge in [0.2, 0.25) is 11.8 Å². The summed E-state index contributed by atoms with van der Waals surface area (Å²) in [6.07, 6.45) is -2.35. The van der Waals surface area contributed by atoms with E-state index < -0.39 is 18.3 Å². The fourth-order valence-corrected chi connectivity index (χ4v) is 4.44. The molecule has 2 aromatic heterocycles. The first-order valence-corrected chi connectivity index (χ1v) is 11.1. The minimum Gasteiger partial charge on any atom is -0.474 e. The van der Waals surface area contributed by atoms with E-state index in [4.69, 9.17) is 14.6 Å². The number of fused-ring (bicyclic) bond motifs is 1. The molecule has 2 N–H and O–H groups in total. The molecule has 34 heavy (non-hydrogen) atoms. The monoisotopic (exact) mass is 474 g/mol. The van der Waals surface area contributed by atoms with Crippen LogP contribution in [0.2, 0.25) is 0 Å². The number of alkyl halides is 2. The number of carboxylic acid groups (broad SMARTS) is 1. The number of hydrogen-bond donors (Lipinski definition) is 2. The molecule has 2 aliphatic rings. The molecule has 2 fully saturated rings. The maximum atomic E-state index is 13.9. The number of rotatable bonds is 6. The number of benzene rings is 1. The topological polar surface area (TPSA) is 115 Å². The van der Waals surface area contributed by atoms with Crippen LogP contribution in [-0.4, -0.2) is 69.2 Å². The number of nitrogens with zero attached hydrogens (tertiary/aromatic N) is 5. The molecule has 3 heterocycles. The van der Waals surface area contributed by atoms with Crippen LogP contribution in [0.3, 0.4) is 0 Å². The Hall–Kier alpha value is -3.54. The van der Waals surface area contributed by atoms with Crippen LogP contribution in [0.25, 0.3) is 16.9 Å². The molecule has 2 atom stereocenters. The fourth-order valence-electron chi connectivity index (χ4n) is 4.44. The largest absolute Gasteiger partial charge is 0.474 e. The molecule has 0 spiro atoms. The average molecular weight is 474 g/mol. The molecule has 1 amide bonds. The van der Waals surface area contributed by atoms with E-state index in [0.717, 1.165) is 0 Å². The Kier molecular flexibility index (Phi) is 6.14. The summed E-state index contributed by atoms with van der Waals surface area (Å²) >= 11 is 0. The third-order valence-corrected chi connectivity index (χ3v) is 5.98. The lowest BCUT2D eigenvalue weighted by atomic mass is 10.2. The smallest absolute Gasteiger partial charge is 0.404 e. The lowest BCUT2D eigenvalue weighted by molar-refractivity contribution is 0.121. The molecular formula is C22H24F2N6O4. The van der Waals surface area contributed by atoms with Crippen molar-refractivity contribution in [2.45, 2.75) is 37.8 Å². The molecule has 180 valence electrons. The summed E-state index contributed by atoms with van der Waals surface area (Å²) in [5.41, 5.74) is 0.937. The number of morpholine rings is 1. The van der Waals surface area contributed by atoms with Gasteiger partial charge in [-0.1, -0.05) is 12.1 Å². The van der Waals surface area contributed by atoms with Gasteiger partial charge in [-0.3, -0.25) is 4.57 Å². The molecule has 1 aliphatic heterocycles. The Labute approximate surface area is 193 Å². The van der Waals surface area contributed by atoms with E-state index in [9.17, 15) is 13.6 Å². The summed E-state index contributed by atoms with van der Waals surface area (Å²) in [4.78, 5) is 26.1. The van der Waals surface area contributed by atoms with Gasteiger partial charge in [-0.15, -0.1) is 0 Å². The Morgan fingerprint density at radius 1 is 1.18 bits per heavy atom. The van der Waals surface area contributed by atoms with Crippen molar-refractivity contribution in [2.24, 2.45) is 0 Å². The maximum absolute atomic E-state index is 13.9. The fraction of sp³-hybridized carbons (Fsp3) is 0.455. The Bertz CT molecular complexity index is 1180. The van der Waals surface area contributed by atoms with Crippen molar-refractivity contribution in [3.8, 4) is 11.7 Å². The number of anilines is 1. The zero-order valence-corrected chi connectivity index (χ0v) is 18.2. The SMILES string of the molecule is O=C(O)N[C@@H]1CC[C@H](Oc2cc(-n3c(C(F)F)nc4ccccc43)nc(N3CCOCC3)n2)C1. The third kappa shape index (κ3) is 4.58. The zero-order chi connectivity index (χ0) is 23.7. The second-order valence-electron chi connectivity index (χ2n) is 8.26. The highest BCUT2D eigenvalue weighted by Crippen LogP contribution is 2.31. The van der Waals surface area contributed by atoms with Crippen molar-refractivity contribution < 1.29 is 28.2 Å². The number of amides is 1. The quantitative estimate of drug-likeness (QED) is 0.560. The van der Waals surface area contributed by atoms with Crippen LogP contribution >= 0.6 is 0 Å². The number of imidazole rings is 1. The van der Waals surface area contributed by atoms with Gasteiger partial charge in [0.15, 0.2) is 5.82 Å². The van der Waals surface area contributed by atoms with Crippen molar-refractivity contribution in [3.63, 3.8) is 0 Å². The lowest BCUT2D eigenvalue weighted by Crippen LogP contribution is -2.37. The van der Waals surface area contributed by atoms with Crippen LogP contribution in [0.15, 0.2) is 30.3 Å². The van der Waals surface area contributed by atoms with Gasteiger partial charge >= 0.3 is 6.09 Å². The van der Waals surface area contributed by atoms with E-state index in [1.54, 1.807) is 24.3 Å². The van der Waals surface area contributed by atoms with Gasteiger partial charge in [0.25, 0.3) is 6.43 Å². The lowest BCUT2D eigenvalue weighted by Gasteiger charge is -2.27. The van der Waals surface area contributed by atoms with E-state index in [1.165, 1.54) is 10.6 Å². The van der Waals surface area contributed by atoms with Crippen LogP contribution in [-0.2, 0) is 4.74 Å². The molecule has 10 nitrogen and oxygen atoms in total. The van der Waals surface area contributed by atoms with Gasteiger partial charge in [0.05, 0.1) is 24.2 Å². The second kappa shape index (κ2) is 9.37. The number of para-hydroxylation sites is 2. The van der Waals surface area contributed by atoms with Crippen LogP contribution in [0, 0.1) is 0 Å². The Morgan fingerprint density at radius 2 is 1.97 bits per heavy atom. The molecule has 3 aromatic rings. The highest BCUT2D eigenvalue weighted by atomic mass is 19.3. The van der Waals surface area contributed by atoms with Crippen molar-refractivity contribution in [1.29, 1.82) is 0 Å². The first-order chi connectivity index (χ1) is 16.5. The summed E-state index contributed by atoms with van der Waals surface area (Å²) < 4.78 is 40.7. The van der Waals surface area contributed by atoms with Crippen LogP contribution < -0.4 is 15.0 Å². The summed E-state index contributed by atoms with van der Waals surface area (Å²) in [7, 11) is 0. The average Bonchev–Trinajstić information content (AvgIpc) is 3.43. The Morgan fingerprint density at radius 3 is 2.74 bits per heavy atom. The minimum atomic E-state index is -2.81.